The van der Waals surface area contributed by atoms with E-state index in [0.29, 0.717) is 16.1 Å². The van der Waals surface area contributed by atoms with Gasteiger partial charge >= 0.3 is 0 Å². The number of carbonyl (C=O) groups excluding carboxylic acids is 1. The molecule has 140 valence electrons. The van der Waals surface area contributed by atoms with Gasteiger partial charge in [-0.2, -0.15) is 0 Å². The van der Waals surface area contributed by atoms with Crippen molar-refractivity contribution in [3.8, 4) is 0 Å². The van der Waals surface area contributed by atoms with E-state index in [1.165, 1.54) is 18.5 Å². The molecule has 1 heterocycles. The molecule has 1 amide bonds. The Hall–Kier alpha value is -2.81. The van der Waals surface area contributed by atoms with Crippen molar-refractivity contribution in [2.75, 3.05) is 5.32 Å². The summed E-state index contributed by atoms with van der Waals surface area (Å²) in [5, 5.41) is 2.18. The lowest BCUT2D eigenvalue weighted by Crippen LogP contribution is -2.26. The number of amides is 1. The van der Waals surface area contributed by atoms with Crippen molar-refractivity contribution in [1.82, 2.24) is 9.55 Å². The minimum atomic E-state index is -1.66. The van der Waals surface area contributed by atoms with Crippen LogP contribution in [0.5, 0.6) is 0 Å². The SMILES string of the molecule is C[C@H](Sc1nc2ccccc2c(=O)n1C)C(=O)Nc1ccc(F)c(F)c1F. The van der Waals surface area contributed by atoms with E-state index in [1.807, 2.05) is 0 Å². The molecule has 1 aromatic heterocycles. The summed E-state index contributed by atoms with van der Waals surface area (Å²) in [6.45, 7) is 1.53. The van der Waals surface area contributed by atoms with Gasteiger partial charge in [-0.25, -0.2) is 18.2 Å². The Balaban J connectivity index is 1.83. The number of halogens is 3. The second-order valence-corrected chi connectivity index (χ2v) is 7.06. The molecule has 0 aliphatic heterocycles. The number of para-hydroxylation sites is 1. The van der Waals surface area contributed by atoms with Gasteiger partial charge in [-0.3, -0.25) is 14.2 Å². The van der Waals surface area contributed by atoms with Crippen molar-refractivity contribution in [2.45, 2.75) is 17.3 Å². The molecule has 0 aliphatic carbocycles. The second kappa shape index (κ2) is 7.43. The maximum Gasteiger partial charge on any atom is 0.261 e. The standard InChI is InChI=1S/C18H14F3N3O2S/c1-9(16(25)22-13-8-7-11(19)14(20)15(13)21)27-18-23-12-6-4-3-5-10(12)17(26)24(18)2/h3-9H,1-2H3,(H,22,25)/t9-/m0/s1. The number of nitrogens with one attached hydrogen (secondary N) is 1. The largest absolute Gasteiger partial charge is 0.323 e. The smallest absolute Gasteiger partial charge is 0.261 e. The van der Waals surface area contributed by atoms with Gasteiger partial charge in [-0.1, -0.05) is 23.9 Å². The van der Waals surface area contributed by atoms with Gasteiger partial charge in [0.25, 0.3) is 5.56 Å². The molecule has 5 nitrogen and oxygen atoms in total. The normalized spacial score (nSPS) is 12.2. The number of anilines is 1. The third-order valence-corrected chi connectivity index (χ3v) is 5.03. The zero-order valence-corrected chi connectivity index (χ0v) is 15.1. The maximum absolute atomic E-state index is 13.7. The van der Waals surface area contributed by atoms with Crippen molar-refractivity contribution >= 4 is 34.3 Å². The fourth-order valence-corrected chi connectivity index (χ4v) is 3.25. The van der Waals surface area contributed by atoms with Crippen LogP contribution in [0.2, 0.25) is 0 Å². The second-order valence-electron chi connectivity index (χ2n) is 5.75. The Bertz CT molecular complexity index is 1100. The van der Waals surface area contributed by atoms with Gasteiger partial charge < -0.3 is 5.32 Å². The van der Waals surface area contributed by atoms with E-state index in [-0.39, 0.29) is 5.56 Å². The molecule has 0 spiro atoms. The van der Waals surface area contributed by atoms with E-state index in [0.717, 1.165) is 23.9 Å². The molecule has 0 bridgehead atoms. The highest BCUT2D eigenvalue weighted by Crippen LogP contribution is 2.24. The molecule has 1 atom stereocenters. The first kappa shape index (κ1) is 19.0. The van der Waals surface area contributed by atoms with E-state index < -0.39 is 34.3 Å². The summed E-state index contributed by atoms with van der Waals surface area (Å²) in [6, 6.07) is 8.46. The molecule has 0 fully saturated rings. The highest BCUT2D eigenvalue weighted by Gasteiger charge is 2.21. The lowest BCUT2D eigenvalue weighted by atomic mass is 10.2. The quantitative estimate of drug-likeness (QED) is 0.419. The average Bonchev–Trinajstić information content (AvgIpc) is 2.66. The summed E-state index contributed by atoms with van der Waals surface area (Å²) < 4.78 is 41.3. The Labute approximate surface area is 156 Å². The van der Waals surface area contributed by atoms with Crippen molar-refractivity contribution in [3.63, 3.8) is 0 Å². The van der Waals surface area contributed by atoms with Crippen molar-refractivity contribution in [2.24, 2.45) is 7.05 Å². The van der Waals surface area contributed by atoms with Gasteiger partial charge in [0.15, 0.2) is 22.6 Å². The zero-order valence-electron chi connectivity index (χ0n) is 14.3. The van der Waals surface area contributed by atoms with Crippen LogP contribution in [0.15, 0.2) is 46.3 Å². The molecule has 3 rings (SSSR count). The fourth-order valence-electron chi connectivity index (χ4n) is 2.37. The summed E-state index contributed by atoms with van der Waals surface area (Å²) in [7, 11) is 1.53. The Morgan fingerprint density at radius 3 is 2.59 bits per heavy atom. The van der Waals surface area contributed by atoms with Gasteiger partial charge in [0, 0.05) is 7.05 Å². The number of hydrogen-bond donors (Lipinski definition) is 1. The Morgan fingerprint density at radius 1 is 1.15 bits per heavy atom. The van der Waals surface area contributed by atoms with Gasteiger partial charge in [0.1, 0.15) is 0 Å². The van der Waals surface area contributed by atoms with Crippen molar-refractivity contribution in [3.05, 3.63) is 64.2 Å². The van der Waals surface area contributed by atoms with E-state index in [2.05, 4.69) is 10.3 Å². The number of carbonyl (C=O) groups is 1. The molecular weight excluding hydrogens is 379 g/mol. The number of rotatable bonds is 4. The van der Waals surface area contributed by atoms with E-state index in [9.17, 15) is 22.8 Å². The van der Waals surface area contributed by atoms with Crippen LogP contribution in [-0.4, -0.2) is 20.7 Å². The van der Waals surface area contributed by atoms with E-state index >= 15 is 0 Å². The highest BCUT2D eigenvalue weighted by molar-refractivity contribution is 8.00. The molecule has 0 saturated carbocycles. The highest BCUT2D eigenvalue weighted by atomic mass is 32.2. The minimum absolute atomic E-state index is 0.262. The van der Waals surface area contributed by atoms with Crippen LogP contribution in [0, 0.1) is 17.5 Å². The molecule has 0 saturated heterocycles. The van der Waals surface area contributed by atoms with Gasteiger partial charge in [-0.05, 0) is 31.2 Å². The van der Waals surface area contributed by atoms with Crippen molar-refractivity contribution in [1.29, 1.82) is 0 Å². The minimum Gasteiger partial charge on any atom is -0.323 e. The average molecular weight is 393 g/mol. The predicted octanol–water partition coefficient (Wildman–Crippen LogP) is 3.47. The predicted molar refractivity (Wildman–Crippen MR) is 97.2 cm³/mol. The van der Waals surface area contributed by atoms with Crippen LogP contribution >= 0.6 is 11.8 Å². The molecule has 2 aromatic carbocycles. The summed E-state index contributed by atoms with van der Waals surface area (Å²) in [4.78, 5) is 29.1. The van der Waals surface area contributed by atoms with Crippen LogP contribution in [-0.2, 0) is 11.8 Å². The summed E-state index contributed by atoms with van der Waals surface area (Å²) in [5.74, 6) is -5.13. The topological polar surface area (TPSA) is 64.0 Å². The molecule has 27 heavy (non-hydrogen) atoms. The van der Waals surface area contributed by atoms with Crippen molar-refractivity contribution < 1.29 is 18.0 Å². The maximum atomic E-state index is 13.7. The van der Waals surface area contributed by atoms with Crippen LogP contribution in [0.1, 0.15) is 6.92 Å². The van der Waals surface area contributed by atoms with E-state index in [4.69, 9.17) is 0 Å². The summed E-state index contributed by atoms with van der Waals surface area (Å²) in [6.07, 6.45) is 0. The molecular formula is C18H14F3N3O2S. The number of benzene rings is 2. The fraction of sp³-hybridized carbons (Fsp3) is 0.167. The zero-order chi connectivity index (χ0) is 19.7. The number of nitrogens with zero attached hydrogens (tertiary/aromatic N) is 2. The molecule has 0 radical (unpaired) electrons. The van der Waals surface area contributed by atoms with Gasteiger partial charge in [-0.15, -0.1) is 0 Å². The third-order valence-electron chi connectivity index (χ3n) is 3.89. The van der Waals surface area contributed by atoms with Gasteiger partial charge in [0.2, 0.25) is 5.91 Å². The van der Waals surface area contributed by atoms with Gasteiger partial charge in [0.05, 0.1) is 21.8 Å². The monoisotopic (exact) mass is 393 g/mol. The number of thioether (sulfide) groups is 1. The lowest BCUT2D eigenvalue weighted by molar-refractivity contribution is -0.115. The molecule has 3 aromatic rings. The molecule has 0 aliphatic rings. The van der Waals surface area contributed by atoms with E-state index in [1.54, 1.807) is 24.3 Å². The Kier molecular flexibility index (Phi) is 5.22. The first-order valence-electron chi connectivity index (χ1n) is 7.86. The molecule has 9 heteroatoms. The molecule has 0 unspecified atom stereocenters. The number of fused-ring (bicyclic) bond motifs is 1. The van der Waals surface area contributed by atoms with Crippen LogP contribution in [0.4, 0.5) is 18.9 Å². The summed E-state index contributed by atoms with van der Waals surface area (Å²) >= 11 is 0.989. The van der Waals surface area contributed by atoms with Crippen LogP contribution in [0.3, 0.4) is 0 Å². The summed E-state index contributed by atoms with van der Waals surface area (Å²) in [5.41, 5.74) is -0.239. The molecule has 1 N–H and O–H groups in total. The first-order chi connectivity index (χ1) is 12.8. The Morgan fingerprint density at radius 2 is 1.85 bits per heavy atom. The first-order valence-corrected chi connectivity index (χ1v) is 8.74. The lowest BCUT2D eigenvalue weighted by Gasteiger charge is -2.14. The number of hydrogen-bond acceptors (Lipinski definition) is 4. The van der Waals surface area contributed by atoms with Crippen LogP contribution < -0.4 is 10.9 Å². The van der Waals surface area contributed by atoms with Crippen LogP contribution in [0.25, 0.3) is 10.9 Å². The third kappa shape index (κ3) is 3.68. The number of aromatic nitrogens is 2.